The zero-order chi connectivity index (χ0) is 33.5. The normalized spacial score (nSPS) is 16.0. The fourth-order valence-electron chi connectivity index (χ4n) is 5.72. The number of rotatable bonds is 17. The molecule has 0 saturated carbocycles. The van der Waals surface area contributed by atoms with E-state index in [0.717, 1.165) is 24.1 Å². The number of nitrogens with zero attached hydrogens (tertiary/aromatic N) is 2. The second-order valence-corrected chi connectivity index (χ2v) is 12.6. The highest BCUT2D eigenvalue weighted by atomic mass is 16.2. The Balaban J connectivity index is 1.78. The van der Waals surface area contributed by atoms with Gasteiger partial charge in [-0.05, 0) is 49.3 Å². The number of carbonyl (C=O) groups excluding carboxylic acids is 4. The molecule has 46 heavy (non-hydrogen) atoms. The molecular formula is C35H51N7O4. The van der Waals surface area contributed by atoms with Crippen LogP contribution in [0.5, 0.6) is 0 Å². The van der Waals surface area contributed by atoms with E-state index in [2.05, 4.69) is 15.6 Å². The van der Waals surface area contributed by atoms with Crippen LogP contribution in [0, 0.1) is 17.8 Å². The van der Waals surface area contributed by atoms with Gasteiger partial charge in [0.2, 0.25) is 11.8 Å². The molecule has 3 rings (SSSR count). The molecule has 0 aliphatic carbocycles. The highest BCUT2D eigenvalue weighted by molar-refractivity contribution is 5.95. The second kappa shape index (κ2) is 18.8. The van der Waals surface area contributed by atoms with Crippen LogP contribution in [0.4, 0.5) is 0 Å². The number of benzene rings is 2. The van der Waals surface area contributed by atoms with Gasteiger partial charge in [0.05, 0.1) is 24.5 Å². The lowest BCUT2D eigenvalue weighted by molar-refractivity contribution is -0.138. The monoisotopic (exact) mass is 633 g/mol. The summed E-state index contributed by atoms with van der Waals surface area (Å²) in [5.41, 5.74) is 19.3. The molecule has 1 heterocycles. The first-order chi connectivity index (χ1) is 22.0. The fraction of sp³-hybridized carbons (Fsp3) is 0.514. The lowest BCUT2D eigenvalue weighted by Crippen LogP contribution is -2.48. The maximum atomic E-state index is 13.9. The summed E-state index contributed by atoms with van der Waals surface area (Å²) in [6.07, 6.45) is 1.67. The highest BCUT2D eigenvalue weighted by Crippen LogP contribution is 2.19. The zero-order valence-corrected chi connectivity index (χ0v) is 27.2. The molecule has 250 valence electrons. The molecule has 8 N–H and O–H groups in total. The first-order valence-corrected chi connectivity index (χ1v) is 16.3. The number of aliphatic imine (C=N–C) groups is 1. The third-order valence-electron chi connectivity index (χ3n) is 8.21. The van der Waals surface area contributed by atoms with E-state index >= 15 is 0 Å². The van der Waals surface area contributed by atoms with Crippen LogP contribution >= 0.6 is 0 Å². The molecule has 4 atom stereocenters. The quantitative estimate of drug-likeness (QED) is 0.128. The fourth-order valence-corrected chi connectivity index (χ4v) is 5.72. The van der Waals surface area contributed by atoms with Crippen molar-refractivity contribution in [3.8, 4) is 0 Å². The minimum absolute atomic E-state index is 0.0242. The van der Waals surface area contributed by atoms with E-state index in [-0.39, 0.29) is 48.7 Å². The molecular weight excluding hydrogens is 582 g/mol. The van der Waals surface area contributed by atoms with Crippen molar-refractivity contribution in [2.45, 2.75) is 64.5 Å². The number of ketones is 2. The van der Waals surface area contributed by atoms with Crippen molar-refractivity contribution in [2.75, 3.05) is 32.7 Å². The van der Waals surface area contributed by atoms with E-state index in [4.69, 9.17) is 17.2 Å². The van der Waals surface area contributed by atoms with Gasteiger partial charge in [-0.3, -0.25) is 24.2 Å². The molecule has 11 heteroatoms. The number of Topliss-reactive ketones (excluding diaryl/α,β-unsaturated/α-hetero) is 2. The summed E-state index contributed by atoms with van der Waals surface area (Å²) in [7, 11) is 0. The van der Waals surface area contributed by atoms with Crippen molar-refractivity contribution in [3.05, 3.63) is 71.8 Å². The van der Waals surface area contributed by atoms with Gasteiger partial charge >= 0.3 is 0 Å². The summed E-state index contributed by atoms with van der Waals surface area (Å²) < 4.78 is 0. The summed E-state index contributed by atoms with van der Waals surface area (Å²) in [5, 5.41) is 6.24. The van der Waals surface area contributed by atoms with Gasteiger partial charge in [-0.25, -0.2) is 0 Å². The minimum Gasteiger partial charge on any atom is -0.370 e. The summed E-state index contributed by atoms with van der Waals surface area (Å²) >= 11 is 0. The van der Waals surface area contributed by atoms with Gasteiger partial charge in [-0.1, -0.05) is 74.5 Å². The molecule has 2 aromatic rings. The number of nitrogens with one attached hydrogen (secondary N) is 2. The minimum atomic E-state index is -0.848. The standard InChI is InChI=1S/C35H51N7O4/c1-24(2)18-30(32(44)22-28(23-40-35(37)38)34(46)42-16-9-14-39-15-17-42)41-33(45)27(19-25-10-5-3-6-11-25)21-31(43)29(36)20-26-12-7-4-8-13-26/h3-8,10-13,24,27-30,39H,9,14-23,36H2,1-2H3,(H,41,45)(H4,37,38,40)/t27-,28+,29+,30+/m0/s1. The average Bonchev–Trinajstić information content (AvgIpc) is 3.32. The molecule has 0 spiro atoms. The van der Waals surface area contributed by atoms with E-state index in [1.165, 1.54) is 0 Å². The Morgan fingerprint density at radius 3 is 2.07 bits per heavy atom. The first-order valence-electron chi connectivity index (χ1n) is 16.3. The van der Waals surface area contributed by atoms with Crippen LogP contribution in [0.15, 0.2) is 65.7 Å². The number of hydrogen-bond donors (Lipinski definition) is 5. The molecule has 1 saturated heterocycles. The maximum Gasteiger partial charge on any atom is 0.228 e. The zero-order valence-electron chi connectivity index (χ0n) is 27.2. The second-order valence-electron chi connectivity index (χ2n) is 12.6. The summed E-state index contributed by atoms with van der Waals surface area (Å²) in [6, 6.07) is 17.4. The molecule has 2 aromatic carbocycles. The number of guanidine groups is 1. The Hall–Kier alpha value is -4.09. The van der Waals surface area contributed by atoms with E-state index in [1.807, 2.05) is 74.5 Å². The van der Waals surface area contributed by atoms with Gasteiger partial charge in [0.1, 0.15) is 0 Å². The Morgan fingerprint density at radius 2 is 1.46 bits per heavy atom. The van der Waals surface area contributed by atoms with E-state index < -0.39 is 29.8 Å². The smallest absolute Gasteiger partial charge is 0.228 e. The van der Waals surface area contributed by atoms with Crippen LogP contribution in [0.3, 0.4) is 0 Å². The highest BCUT2D eigenvalue weighted by Gasteiger charge is 2.33. The van der Waals surface area contributed by atoms with Crippen LogP contribution in [-0.2, 0) is 32.0 Å². The molecule has 1 aliphatic rings. The lowest BCUT2D eigenvalue weighted by atomic mass is 9.88. The number of nitrogens with two attached hydrogens (primary N) is 3. The Bertz CT molecular complexity index is 1290. The molecule has 0 radical (unpaired) electrons. The lowest BCUT2D eigenvalue weighted by Gasteiger charge is -2.27. The van der Waals surface area contributed by atoms with Gasteiger partial charge in [-0.2, -0.15) is 0 Å². The van der Waals surface area contributed by atoms with Crippen LogP contribution < -0.4 is 27.8 Å². The Morgan fingerprint density at radius 1 is 0.848 bits per heavy atom. The molecule has 0 bridgehead atoms. The van der Waals surface area contributed by atoms with Crippen molar-refractivity contribution in [1.82, 2.24) is 15.5 Å². The number of carbonyl (C=O) groups is 4. The predicted octanol–water partition coefficient (Wildman–Crippen LogP) is 1.58. The third kappa shape index (κ3) is 12.4. The Labute approximate surface area is 272 Å². The predicted molar refractivity (Wildman–Crippen MR) is 181 cm³/mol. The van der Waals surface area contributed by atoms with Crippen molar-refractivity contribution >= 4 is 29.3 Å². The SMILES string of the molecule is CC(C)C[C@@H](NC(=O)[C@H](CC(=O)[C@H](N)Cc1ccccc1)Cc1ccccc1)C(=O)C[C@H](CN=C(N)N)C(=O)N1CCCNCC1. The van der Waals surface area contributed by atoms with Crippen LogP contribution in [0.25, 0.3) is 0 Å². The van der Waals surface area contributed by atoms with Crippen LogP contribution in [-0.4, -0.2) is 79.0 Å². The average molecular weight is 634 g/mol. The van der Waals surface area contributed by atoms with Crippen molar-refractivity contribution in [3.63, 3.8) is 0 Å². The molecule has 0 unspecified atom stereocenters. The van der Waals surface area contributed by atoms with Crippen molar-refractivity contribution in [2.24, 2.45) is 39.9 Å². The van der Waals surface area contributed by atoms with Crippen LogP contribution in [0.2, 0.25) is 0 Å². The molecule has 1 aliphatic heterocycles. The van der Waals surface area contributed by atoms with E-state index in [0.29, 0.717) is 38.9 Å². The summed E-state index contributed by atoms with van der Waals surface area (Å²) in [4.78, 5) is 60.4. The maximum absolute atomic E-state index is 13.9. The van der Waals surface area contributed by atoms with Gasteiger partial charge in [0, 0.05) is 38.4 Å². The van der Waals surface area contributed by atoms with Gasteiger partial charge in [-0.15, -0.1) is 0 Å². The van der Waals surface area contributed by atoms with Crippen molar-refractivity contribution in [1.29, 1.82) is 0 Å². The number of hydrogen-bond acceptors (Lipinski definition) is 7. The van der Waals surface area contributed by atoms with Gasteiger partial charge in [0.15, 0.2) is 17.5 Å². The topological polar surface area (TPSA) is 186 Å². The summed E-state index contributed by atoms with van der Waals surface area (Å²) in [6.45, 7) is 6.48. The largest absolute Gasteiger partial charge is 0.370 e. The molecule has 1 fully saturated rings. The van der Waals surface area contributed by atoms with Gasteiger partial charge < -0.3 is 32.7 Å². The van der Waals surface area contributed by atoms with Crippen molar-refractivity contribution < 1.29 is 19.2 Å². The Kier molecular flexibility index (Phi) is 14.8. The van der Waals surface area contributed by atoms with Crippen LogP contribution in [0.1, 0.15) is 50.7 Å². The summed E-state index contributed by atoms with van der Waals surface area (Å²) in [5.74, 6) is -2.66. The number of amides is 2. The van der Waals surface area contributed by atoms with E-state index in [9.17, 15) is 19.2 Å². The molecule has 0 aromatic heterocycles. The van der Waals surface area contributed by atoms with E-state index in [1.54, 1.807) is 4.90 Å². The third-order valence-corrected chi connectivity index (χ3v) is 8.21. The van der Waals surface area contributed by atoms with Gasteiger partial charge in [0.25, 0.3) is 0 Å². The molecule has 11 nitrogen and oxygen atoms in total. The molecule has 2 amide bonds. The first kappa shape index (κ1) is 36.4.